The van der Waals surface area contributed by atoms with Crippen molar-refractivity contribution in [2.45, 2.75) is 63.7 Å². The summed E-state index contributed by atoms with van der Waals surface area (Å²) in [6, 6.07) is 8.08. The smallest absolute Gasteiger partial charge is 0.305 e. The third kappa shape index (κ3) is 5.11. The molecule has 0 radical (unpaired) electrons. The lowest BCUT2D eigenvalue weighted by atomic mass is 9.84. The van der Waals surface area contributed by atoms with E-state index in [2.05, 4.69) is 22.4 Å². The van der Waals surface area contributed by atoms with Gasteiger partial charge in [-0.3, -0.25) is 9.59 Å². The number of amides is 1. The Morgan fingerprint density at radius 1 is 1.23 bits per heavy atom. The zero-order chi connectivity index (χ0) is 22.0. The Balaban J connectivity index is 1.40. The number of benzene rings is 1. The standard InChI is InChI=1S/C23H30N4O3S/c1-14-3-6-17(7-4-14)22-25-26-23(27(22)10-9-21(29)30)31-13-20(28)24-15(2)19-12-16-5-8-18(19)11-16/h3-4,6-7,15-16,18-19H,5,8-13H2,1-2H3,(H,24,28)(H,29,30)/t15-,16+,18+,19+/m1/s1. The van der Waals surface area contributed by atoms with Gasteiger partial charge in [0, 0.05) is 18.2 Å². The molecule has 2 fully saturated rings. The van der Waals surface area contributed by atoms with Gasteiger partial charge in [-0.2, -0.15) is 0 Å². The van der Waals surface area contributed by atoms with Crippen molar-refractivity contribution in [2.75, 3.05) is 5.75 Å². The number of hydrogen-bond acceptors (Lipinski definition) is 5. The highest BCUT2D eigenvalue weighted by Gasteiger charge is 2.42. The Morgan fingerprint density at radius 2 is 2.00 bits per heavy atom. The lowest BCUT2D eigenvalue weighted by Crippen LogP contribution is -2.40. The first-order valence-electron chi connectivity index (χ1n) is 11.0. The lowest BCUT2D eigenvalue weighted by Gasteiger charge is -2.28. The van der Waals surface area contributed by atoms with Crippen LogP contribution in [0.2, 0.25) is 0 Å². The van der Waals surface area contributed by atoms with Crippen molar-refractivity contribution < 1.29 is 14.7 Å². The number of nitrogens with one attached hydrogen (secondary N) is 1. The maximum absolute atomic E-state index is 12.6. The fraction of sp³-hybridized carbons (Fsp3) is 0.565. The van der Waals surface area contributed by atoms with Crippen molar-refractivity contribution in [1.29, 1.82) is 0 Å². The summed E-state index contributed by atoms with van der Waals surface area (Å²) in [5, 5.41) is 21.4. The summed E-state index contributed by atoms with van der Waals surface area (Å²) in [5.41, 5.74) is 2.01. The van der Waals surface area contributed by atoms with Crippen LogP contribution in [-0.4, -0.2) is 43.5 Å². The van der Waals surface area contributed by atoms with Gasteiger partial charge in [0.25, 0.3) is 0 Å². The first-order valence-corrected chi connectivity index (χ1v) is 12.0. The Bertz CT molecular complexity index is 943. The number of aryl methyl sites for hydroxylation is 1. The van der Waals surface area contributed by atoms with Crippen LogP contribution in [0, 0.1) is 24.7 Å². The monoisotopic (exact) mass is 442 g/mol. The van der Waals surface area contributed by atoms with Gasteiger partial charge in [-0.1, -0.05) is 48.0 Å². The quantitative estimate of drug-likeness (QED) is 0.574. The predicted molar refractivity (Wildman–Crippen MR) is 120 cm³/mol. The molecular formula is C23H30N4O3S. The van der Waals surface area contributed by atoms with E-state index in [0.29, 0.717) is 16.9 Å². The number of carboxylic acids is 1. The highest BCUT2D eigenvalue weighted by atomic mass is 32.2. The van der Waals surface area contributed by atoms with E-state index < -0.39 is 5.97 Å². The van der Waals surface area contributed by atoms with Crippen LogP contribution in [0.1, 0.15) is 44.6 Å². The Kier molecular flexibility index (Phi) is 6.65. The number of carboxylic acid groups (broad SMARTS) is 1. The van der Waals surface area contributed by atoms with Crippen LogP contribution < -0.4 is 5.32 Å². The molecule has 2 aliphatic carbocycles. The van der Waals surface area contributed by atoms with Crippen molar-refractivity contribution in [1.82, 2.24) is 20.1 Å². The molecule has 4 rings (SSSR count). The van der Waals surface area contributed by atoms with Crippen LogP contribution in [0.25, 0.3) is 11.4 Å². The summed E-state index contributed by atoms with van der Waals surface area (Å²) in [4.78, 5) is 23.7. The van der Waals surface area contributed by atoms with Gasteiger partial charge < -0.3 is 15.0 Å². The molecule has 2 N–H and O–H groups in total. The molecule has 7 nitrogen and oxygen atoms in total. The zero-order valence-electron chi connectivity index (χ0n) is 18.1. The second-order valence-electron chi connectivity index (χ2n) is 8.95. The molecule has 0 saturated heterocycles. The molecule has 1 heterocycles. The summed E-state index contributed by atoms with van der Waals surface area (Å²) in [6.07, 6.45) is 5.19. The van der Waals surface area contributed by atoms with Crippen LogP contribution in [-0.2, 0) is 16.1 Å². The number of rotatable bonds is 9. The molecule has 31 heavy (non-hydrogen) atoms. The van der Waals surface area contributed by atoms with Gasteiger partial charge >= 0.3 is 5.97 Å². The average Bonchev–Trinajstić information content (AvgIpc) is 3.47. The number of thioether (sulfide) groups is 1. The van der Waals surface area contributed by atoms with Gasteiger partial charge in [0.2, 0.25) is 5.91 Å². The van der Waals surface area contributed by atoms with Crippen LogP contribution >= 0.6 is 11.8 Å². The second kappa shape index (κ2) is 9.42. The van der Waals surface area contributed by atoms with E-state index in [1.54, 1.807) is 4.57 Å². The third-order valence-electron chi connectivity index (χ3n) is 6.73. The Labute approximate surface area is 187 Å². The first-order chi connectivity index (χ1) is 14.9. The number of nitrogens with zero attached hydrogens (tertiary/aromatic N) is 3. The molecule has 0 spiro atoms. The molecule has 1 aromatic heterocycles. The topological polar surface area (TPSA) is 97.1 Å². The number of carbonyl (C=O) groups excluding carboxylic acids is 1. The summed E-state index contributed by atoms with van der Waals surface area (Å²) in [7, 11) is 0. The summed E-state index contributed by atoms with van der Waals surface area (Å²) >= 11 is 1.31. The van der Waals surface area contributed by atoms with Crippen molar-refractivity contribution in [3.8, 4) is 11.4 Å². The summed E-state index contributed by atoms with van der Waals surface area (Å²) in [6.45, 7) is 4.40. The van der Waals surface area contributed by atoms with Gasteiger partial charge in [-0.05, 0) is 50.9 Å². The molecule has 1 aromatic carbocycles. The van der Waals surface area contributed by atoms with Gasteiger partial charge in [-0.25, -0.2) is 0 Å². The highest BCUT2D eigenvalue weighted by Crippen LogP contribution is 2.49. The van der Waals surface area contributed by atoms with Crippen molar-refractivity contribution in [3.63, 3.8) is 0 Å². The lowest BCUT2D eigenvalue weighted by molar-refractivity contribution is -0.137. The number of carbonyl (C=O) groups is 2. The fourth-order valence-corrected chi connectivity index (χ4v) is 5.94. The molecule has 2 saturated carbocycles. The van der Waals surface area contributed by atoms with Crippen LogP contribution in [0.4, 0.5) is 0 Å². The van der Waals surface area contributed by atoms with E-state index in [4.69, 9.17) is 5.11 Å². The van der Waals surface area contributed by atoms with E-state index in [-0.39, 0.29) is 30.7 Å². The maximum atomic E-state index is 12.6. The molecule has 2 aromatic rings. The second-order valence-corrected chi connectivity index (χ2v) is 9.89. The van der Waals surface area contributed by atoms with E-state index in [1.807, 2.05) is 31.2 Å². The van der Waals surface area contributed by atoms with Crippen molar-refractivity contribution in [3.05, 3.63) is 29.8 Å². The molecule has 4 atom stereocenters. The Morgan fingerprint density at radius 3 is 2.65 bits per heavy atom. The predicted octanol–water partition coefficient (Wildman–Crippen LogP) is 3.76. The molecular weight excluding hydrogens is 412 g/mol. The normalized spacial score (nSPS) is 23.1. The van der Waals surface area contributed by atoms with E-state index in [0.717, 1.165) is 23.0 Å². The zero-order valence-corrected chi connectivity index (χ0v) is 18.9. The fourth-order valence-electron chi connectivity index (χ4n) is 5.16. The maximum Gasteiger partial charge on any atom is 0.305 e. The molecule has 0 aliphatic heterocycles. The van der Waals surface area contributed by atoms with Gasteiger partial charge in [0.05, 0.1) is 12.2 Å². The molecule has 166 valence electrons. The SMILES string of the molecule is Cc1ccc(-c2nnc(SCC(=O)N[C@H](C)[C@@H]3C[C@H]4CC[C@H]3C4)n2CCC(=O)O)cc1. The van der Waals surface area contributed by atoms with E-state index in [9.17, 15) is 9.59 Å². The number of aromatic nitrogens is 3. The summed E-state index contributed by atoms with van der Waals surface area (Å²) in [5.74, 6) is 2.20. The minimum Gasteiger partial charge on any atom is -0.481 e. The van der Waals surface area contributed by atoms with E-state index in [1.165, 1.54) is 37.4 Å². The molecule has 2 bridgehead atoms. The van der Waals surface area contributed by atoms with Gasteiger partial charge in [0.15, 0.2) is 11.0 Å². The number of fused-ring (bicyclic) bond motifs is 2. The van der Waals surface area contributed by atoms with Gasteiger partial charge in [-0.15, -0.1) is 10.2 Å². The van der Waals surface area contributed by atoms with Crippen LogP contribution in [0.3, 0.4) is 0 Å². The molecule has 8 heteroatoms. The number of hydrogen-bond donors (Lipinski definition) is 2. The van der Waals surface area contributed by atoms with Crippen molar-refractivity contribution in [2.24, 2.45) is 17.8 Å². The third-order valence-corrected chi connectivity index (χ3v) is 7.70. The first kappa shape index (κ1) is 21.9. The Hall–Kier alpha value is -2.35. The summed E-state index contributed by atoms with van der Waals surface area (Å²) < 4.78 is 1.80. The number of aliphatic carboxylic acids is 1. The average molecular weight is 443 g/mol. The molecule has 1 amide bonds. The molecule has 2 aliphatic rings. The van der Waals surface area contributed by atoms with E-state index >= 15 is 0 Å². The van der Waals surface area contributed by atoms with Crippen LogP contribution in [0.5, 0.6) is 0 Å². The minimum atomic E-state index is -0.878. The van der Waals surface area contributed by atoms with Crippen molar-refractivity contribution >= 4 is 23.6 Å². The largest absolute Gasteiger partial charge is 0.481 e. The minimum absolute atomic E-state index is 0.00931. The molecule has 0 unspecified atom stereocenters. The highest BCUT2D eigenvalue weighted by molar-refractivity contribution is 7.99. The van der Waals surface area contributed by atoms with Crippen LogP contribution in [0.15, 0.2) is 29.4 Å². The van der Waals surface area contributed by atoms with Gasteiger partial charge in [0.1, 0.15) is 0 Å².